The third-order valence-electron chi connectivity index (χ3n) is 4.77. The Kier molecular flexibility index (Phi) is 5.86. The number of pyridine rings is 1. The summed E-state index contributed by atoms with van der Waals surface area (Å²) < 4.78 is 50.4. The lowest BCUT2D eigenvalue weighted by molar-refractivity contribution is -0.137. The van der Waals surface area contributed by atoms with Crippen molar-refractivity contribution in [1.82, 2.24) is 15.0 Å². The molecule has 0 N–H and O–H groups in total. The first-order chi connectivity index (χ1) is 14.3. The van der Waals surface area contributed by atoms with E-state index in [1.165, 1.54) is 18.3 Å². The molecule has 1 saturated heterocycles. The summed E-state index contributed by atoms with van der Waals surface area (Å²) in [5.74, 6) is 1.70. The molecule has 1 aliphatic heterocycles. The Bertz CT molecular complexity index is 1040. The van der Waals surface area contributed by atoms with Crippen LogP contribution in [0.15, 0.2) is 48.9 Å². The first-order valence-electron chi connectivity index (χ1n) is 9.07. The SMILES string of the molecule is [O-][S+]1CCN(c2cnc(-c3ccc(C(F)(F)F)cc3)c(-c3ccncc3Cl)n2)CC1. The minimum absolute atomic E-state index is 0.358. The molecule has 156 valence electrons. The van der Waals surface area contributed by atoms with Crippen molar-refractivity contribution in [3.63, 3.8) is 0 Å². The first kappa shape index (κ1) is 20.9. The predicted molar refractivity (Wildman–Crippen MR) is 111 cm³/mol. The van der Waals surface area contributed by atoms with Gasteiger partial charge in [-0.15, -0.1) is 0 Å². The highest BCUT2D eigenvalue weighted by Crippen LogP contribution is 2.36. The van der Waals surface area contributed by atoms with Gasteiger partial charge in [0.2, 0.25) is 0 Å². The molecule has 0 aliphatic carbocycles. The predicted octanol–water partition coefficient (Wildman–Crippen LogP) is 4.45. The minimum atomic E-state index is -4.42. The van der Waals surface area contributed by atoms with Crippen molar-refractivity contribution in [3.05, 3.63) is 59.5 Å². The molecule has 0 atom stereocenters. The number of benzene rings is 1. The van der Waals surface area contributed by atoms with E-state index >= 15 is 0 Å². The van der Waals surface area contributed by atoms with Crippen LogP contribution in [0.4, 0.5) is 19.0 Å². The van der Waals surface area contributed by atoms with E-state index < -0.39 is 22.9 Å². The number of nitrogens with zero attached hydrogens (tertiary/aromatic N) is 4. The molecule has 1 aliphatic rings. The van der Waals surface area contributed by atoms with E-state index in [4.69, 9.17) is 16.6 Å². The molecule has 1 aromatic carbocycles. The van der Waals surface area contributed by atoms with Crippen molar-refractivity contribution >= 4 is 28.6 Å². The third kappa shape index (κ3) is 4.38. The zero-order valence-corrected chi connectivity index (χ0v) is 17.1. The second kappa shape index (κ2) is 8.41. The van der Waals surface area contributed by atoms with Gasteiger partial charge in [0.05, 0.1) is 35.6 Å². The van der Waals surface area contributed by atoms with Crippen molar-refractivity contribution < 1.29 is 17.7 Å². The molecule has 0 amide bonds. The highest BCUT2D eigenvalue weighted by atomic mass is 35.5. The van der Waals surface area contributed by atoms with Crippen LogP contribution in [0.1, 0.15) is 5.56 Å². The van der Waals surface area contributed by atoms with E-state index in [9.17, 15) is 17.7 Å². The van der Waals surface area contributed by atoms with Crippen LogP contribution in [-0.4, -0.2) is 44.1 Å². The molecule has 0 bridgehead atoms. The number of anilines is 1. The lowest BCUT2D eigenvalue weighted by atomic mass is 10.0. The number of halogens is 4. The van der Waals surface area contributed by atoms with Crippen LogP contribution < -0.4 is 4.90 Å². The van der Waals surface area contributed by atoms with Gasteiger partial charge < -0.3 is 9.45 Å². The topological polar surface area (TPSA) is 65.0 Å². The summed E-state index contributed by atoms with van der Waals surface area (Å²) in [5, 5.41) is 0.358. The highest BCUT2D eigenvalue weighted by Gasteiger charge is 2.30. The van der Waals surface area contributed by atoms with E-state index in [-0.39, 0.29) is 0 Å². The lowest BCUT2D eigenvalue weighted by Crippen LogP contribution is -2.40. The van der Waals surface area contributed by atoms with Crippen molar-refractivity contribution in [2.75, 3.05) is 29.5 Å². The van der Waals surface area contributed by atoms with Crippen molar-refractivity contribution in [1.29, 1.82) is 0 Å². The number of hydrogen-bond donors (Lipinski definition) is 0. The smallest absolute Gasteiger partial charge is 0.416 e. The zero-order chi connectivity index (χ0) is 21.3. The van der Waals surface area contributed by atoms with Crippen LogP contribution in [0.5, 0.6) is 0 Å². The van der Waals surface area contributed by atoms with Gasteiger partial charge in [0.1, 0.15) is 23.0 Å². The Morgan fingerprint density at radius 1 is 1.00 bits per heavy atom. The van der Waals surface area contributed by atoms with Crippen molar-refractivity contribution in [2.45, 2.75) is 6.18 Å². The average molecular weight is 453 g/mol. The summed E-state index contributed by atoms with van der Waals surface area (Å²) in [6.45, 7) is 1.18. The summed E-state index contributed by atoms with van der Waals surface area (Å²) >= 11 is 5.49. The monoisotopic (exact) mass is 452 g/mol. The van der Waals surface area contributed by atoms with Gasteiger partial charge >= 0.3 is 6.18 Å². The summed E-state index contributed by atoms with van der Waals surface area (Å²) in [7, 11) is 0. The highest BCUT2D eigenvalue weighted by molar-refractivity contribution is 7.91. The standard InChI is InChI=1S/C20H16ClF3N4OS/c21-16-11-25-6-5-15(16)19-18(13-1-3-14(4-2-13)20(22,23)24)26-12-17(27-19)28-7-9-30(29)10-8-28/h1-6,11-12H,7-10H2. The Morgan fingerprint density at radius 2 is 1.70 bits per heavy atom. The zero-order valence-electron chi connectivity index (χ0n) is 15.6. The molecule has 4 rings (SSSR count). The van der Waals surface area contributed by atoms with Gasteiger partial charge in [0, 0.05) is 23.5 Å². The maximum Gasteiger partial charge on any atom is 0.416 e. The molecule has 1 fully saturated rings. The Labute approximate surface area is 179 Å². The number of alkyl halides is 3. The molecule has 30 heavy (non-hydrogen) atoms. The van der Waals surface area contributed by atoms with Crippen LogP contribution in [0, 0.1) is 0 Å². The molecule has 3 heterocycles. The maximum atomic E-state index is 12.9. The fourth-order valence-corrected chi connectivity index (χ4v) is 4.44. The van der Waals surface area contributed by atoms with Crippen LogP contribution in [-0.2, 0) is 17.4 Å². The van der Waals surface area contributed by atoms with Crippen LogP contribution >= 0.6 is 11.6 Å². The maximum absolute atomic E-state index is 12.9. The quantitative estimate of drug-likeness (QED) is 0.549. The molecule has 0 unspecified atom stereocenters. The first-order valence-corrected chi connectivity index (χ1v) is 10.9. The van der Waals surface area contributed by atoms with Crippen LogP contribution in [0.2, 0.25) is 5.02 Å². The number of aromatic nitrogens is 3. The van der Waals surface area contributed by atoms with Crippen LogP contribution in [0.25, 0.3) is 22.5 Å². The van der Waals surface area contributed by atoms with E-state index in [2.05, 4.69) is 9.97 Å². The van der Waals surface area contributed by atoms with Gasteiger partial charge in [-0.05, 0) is 18.2 Å². The van der Waals surface area contributed by atoms with Gasteiger partial charge in [-0.2, -0.15) is 13.2 Å². The normalized spacial score (nSPS) is 15.4. The summed E-state index contributed by atoms with van der Waals surface area (Å²) in [5.41, 5.74) is 1.20. The molecule has 3 aromatic rings. The Balaban J connectivity index is 1.79. The van der Waals surface area contributed by atoms with Gasteiger partial charge in [0.25, 0.3) is 0 Å². The molecule has 0 saturated carbocycles. The summed E-state index contributed by atoms with van der Waals surface area (Å²) in [4.78, 5) is 15.2. The number of rotatable bonds is 3. The molecule has 0 radical (unpaired) electrons. The molecule has 5 nitrogen and oxygen atoms in total. The van der Waals surface area contributed by atoms with E-state index in [0.29, 0.717) is 58.0 Å². The molecule has 2 aromatic heterocycles. The second-order valence-electron chi connectivity index (χ2n) is 6.69. The number of hydrogen-bond acceptors (Lipinski definition) is 5. The lowest BCUT2D eigenvalue weighted by Gasteiger charge is -2.29. The minimum Gasteiger partial charge on any atom is -0.616 e. The second-order valence-corrected chi connectivity index (χ2v) is 8.79. The van der Waals surface area contributed by atoms with Crippen molar-refractivity contribution in [2.24, 2.45) is 0 Å². The molecule has 10 heteroatoms. The molecular weight excluding hydrogens is 437 g/mol. The largest absolute Gasteiger partial charge is 0.616 e. The fraction of sp³-hybridized carbons (Fsp3) is 0.250. The Morgan fingerprint density at radius 3 is 2.33 bits per heavy atom. The molecule has 0 spiro atoms. The van der Waals surface area contributed by atoms with Crippen LogP contribution in [0.3, 0.4) is 0 Å². The molecular formula is C20H16ClF3N4OS. The third-order valence-corrected chi connectivity index (χ3v) is 6.35. The Hall–Kier alpha value is -2.36. The van der Waals surface area contributed by atoms with Gasteiger partial charge in [0.15, 0.2) is 0 Å². The fourth-order valence-electron chi connectivity index (χ4n) is 3.18. The summed E-state index contributed by atoms with van der Waals surface area (Å²) in [6, 6.07) is 6.46. The average Bonchev–Trinajstić information content (AvgIpc) is 2.74. The van der Waals surface area contributed by atoms with Gasteiger partial charge in [-0.1, -0.05) is 34.9 Å². The summed E-state index contributed by atoms with van der Waals surface area (Å²) in [6.07, 6.45) is 0.210. The van der Waals surface area contributed by atoms with Crippen molar-refractivity contribution in [3.8, 4) is 22.5 Å². The van der Waals surface area contributed by atoms with E-state index in [0.717, 1.165) is 12.1 Å². The van der Waals surface area contributed by atoms with Gasteiger partial charge in [-0.25, -0.2) is 4.98 Å². The van der Waals surface area contributed by atoms with E-state index in [1.54, 1.807) is 18.5 Å². The van der Waals surface area contributed by atoms with E-state index in [1.807, 2.05) is 4.90 Å². The van der Waals surface area contributed by atoms with Gasteiger partial charge in [-0.3, -0.25) is 9.97 Å².